The fourth-order valence-electron chi connectivity index (χ4n) is 3.05. The van der Waals surface area contributed by atoms with E-state index < -0.39 is 5.97 Å². The molecule has 0 aliphatic carbocycles. The topological polar surface area (TPSA) is 92.0 Å². The van der Waals surface area contributed by atoms with Gasteiger partial charge >= 0.3 is 5.97 Å². The number of ether oxygens (including phenoxy) is 3. The largest absolute Gasteiger partial charge is 0.493 e. The molecule has 0 radical (unpaired) electrons. The number of rotatable bonds is 9. The number of fused-ring (bicyclic) bond motifs is 1. The minimum absolute atomic E-state index is 0.246. The second kappa shape index (κ2) is 11.4. The van der Waals surface area contributed by atoms with Gasteiger partial charge in [0.15, 0.2) is 18.1 Å². The molecule has 0 unspecified atom stereocenters. The van der Waals surface area contributed by atoms with E-state index in [1.165, 1.54) is 18.9 Å². The van der Waals surface area contributed by atoms with Crippen LogP contribution in [0.4, 0.5) is 0 Å². The Labute approximate surface area is 207 Å². The predicted octanol–water partition coefficient (Wildman–Crippen LogP) is 4.71. The normalized spacial score (nSPS) is 11.2. The molecule has 3 rings (SSSR count). The molecule has 0 aliphatic rings. The lowest BCUT2D eigenvalue weighted by atomic mass is 10.2. The Bertz CT molecular complexity index is 1260. The van der Waals surface area contributed by atoms with Crippen LogP contribution in [-0.2, 0) is 16.0 Å². The maximum Gasteiger partial charge on any atom is 0.343 e. The fraction of sp³-hybridized carbons (Fsp3) is 0.304. The van der Waals surface area contributed by atoms with Crippen LogP contribution in [0.2, 0.25) is 0 Å². The zero-order chi connectivity index (χ0) is 24.0. The molecule has 0 spiro atoms. The highest BCUT2D eigenvalue weighted by Crippen LogP contribution is 2.33. The maximum atomic E-state index is 13.2. The van der Waals surface area contributed by atoms with E-state index in [1.807, 2.05) is 12.1 Å². The average Bonchev–Trinajstić information content (AvgIpc) is 2.81. The highest BCUT2D eigenvalue weighted by atomic mass is 79.9. The van der Waals surface area contributed by atoms with Crippen LogP contribution in [0.5, 0.6) is 11.5 Å². The first-order chi connectivity index (χ1) is 15.9. The molecule has 8 nitrogen and oxygen atoms in total. The number of halogens is 2. The van der Waals surface area contributed by atoms with Gasteiger partial charge in [-0.2, -0.15) is 9.78 Å². The molecule has 33 heavy (non-hydrogen) atoms. The summed E-state index contributed by atoms with van der Waals surface area (Å²) in [6, 6.07) is 8.78. The first kappa shape index (κ1) is 24.9. The number of carbonyl (C=O) groups excluding carboxylic acids is 1. The minimum Gasteiger partial charge on any atom is -0.493 e. The SMILES string of the molecule is CCCCc1nc2ccc(Br)cc2c(=O)n1N=Cc1cc(OC)c(OCC(=O)OC)cc1Br. The minimum atomic E-state index is -0.506. The number of aromatic nitrogens is 2. The van der Waals surface area contributed by atoms with Gasteiger partial charge in [0.2, 0.25) is 0 Å². The summed E-state index contributed by atoms with van der Waals surface area (Å²) < 4.78 is 18.2. The Hall–Kier alpha value is -2.72. The molecule has 0 aliphatic heterocycles. The smallest absolute Gasteiger partial charge is 0.343 e. The second-order valence-corrected chi connectivity index (χ2v) is 8.81. The van der Waals surface area contributed by atoms with Gasteiger partial charge in [-0.25, -0.2) is 9.78 Å². The van der Waals surface area contributed by atoms with Crippen LogP contribution >= 0.6 is 31.9 Å². The van der Waals surface area contributed by atoms with Crippen molar-refractivity contribution in [3.05, 3.63) is 61.0 Å². The third kappa shape index (κ3) is 6.00. The number of carbonyl (C=O) groups is 1. The van der Waals surface area contributed by atoms with Crippen molar-refractivity contribution in [1.29, 1.82) is 0 Å². The lowest BCUT2D eigenvalue weighted by Gasteiger charge is -2.12. The van der Waals surface area contributed by atoms with Crippen molar-refractivity contribution in [2.45, 2.75) is 26.2 Å². The molecule has 0 saturated carbocycles. The quantitative estimate of drug-likeness (QED) is 0.269. The molecule has 0 fully saturated rings. The number of hydrogen-bond acceptors (Lipinski definition) is 7. The lowest BCUT2D eigenvalue weighted by Crippen LogP contribution is -2.22. The number of hydrogen-bond donors (Lipinski definition) is 0. The summed E-state index contributed by atoms with van der Waals surface area (Å²) in [6.45, 7) is 1.83. The Morgan fingerprint density at radius 3 is 2.67 bits per heavy atom. The monoisotopic (exact) mass is 579 g/mol. The molecule has 0 atom stereocenters. The van der Waals surface area contributed by atoms with Gasteiger partial charge in [-0.05, 0) is 52.7 Å². The molecular weight excluding hydrogens is 558 g/mol. The summed E-state index contributed by atoms with van der Waals surface area (Å²) in [4.78, 5) is 29.3. The van der Waals surface area contributed by atoms with Gasteiger partial charge in [0.05, 0.1) is 31.3 Å². The molecule has 1 heterocycles. The highest BCUT2D eigenvalue weighted by molar-refractivity contribution is 9.10. The number of methoxy groups -OCH3 is 2. The lowest BCUT2D eigenvalue weighted by molar-refractivity contribution is -0.142. The number of nitrogens with zero attached hydrogens (tertiary/aromatic N) is 3. The van der Waals surface area contributed by atoms with Crippen LogP contribution in [0.1, 0.15) is 31.2 Å². The third-order valence-corrected chi connectivity index (χ3v) is 5.98. The van der Waals surface area contributed by atoms with Crippen LogP contribution in [0.3, 0.4) is 0 Å². The van der Waals surface area contributed by atoms with E-state index in [9.17, 15) is 9.59 Å². The Morgan fingerprint density at radius 1 is 1.18 bits per heavy atom. The second-order valence-electron chi connectivity index (χ2n) is 7.04. The summed E-state index contributed by atoms with van der Waals surface area (Å²) in [7, 11) is 2.78. The van der Waals surface area contributed by atoms with Crippen molar-refractivity contribution in [1.82, 2.24) is 9.66 Å². The Kier molecular flexibility index (Phi) is 8.62. The molecule has 174 valence electrons. The molecule has 1 aromatic heterocycles. The standard InChI is InChI=1S/C23H23Br2N3O5/c1-4-5-6-21-27-18-8-7-15(24)10-16(18)23(30)28(21)26-12-14-9-19(31-2)20(11-17(14)25)33-13-22(29)32-3/h7-12H,4-6,13H2,1-3H3. The number of benzene rings is 2. The Morgan fingerprint density at radius 2 is 1.97 bits per heavy atom. The van der Waals surface area contributed by atoms with E-state index in [4.69, 9.17) is 9.47 Å². The van der Waals surface area contributed by atoms with Crippen molar-refractivity contribution in [2.75, 3.05) is 20.8 Å². The van der Waals surface area contributed by atoms with Crippen LogP contribution in [0.25, 0.3) is 10.9 Å². The summed E-state index contributed by atoms with van der Waals surface area (Å²) >= 11 is 6.89. The molecule has 0 amide bonds. The number of aryl methyl sites for hydroxylation is 1. The van der Waals surface area contributed by atoms with Crippen molar-refractivity contribution in [3.8, 4) is 11.5 Å². The van der Waals surface area contributed by atoms with Gasteiger partial charge in [0.25, 0.3) is 5.56 Å². The van der Waals surface area contributed by atoms with Gasteiger partial charge in [-0.3, -0.25) is 4.79 Å². The van der Waals surface area contributed by atoms with Crippen LogP contribution in [0.15, 0.2) is 49.2 Å². The van der Waals surface area contributed by atoms with E-state index in [1.54, 1.807) is 24.4 Å². The Balaban J connectivity index is 2.03. The van der Waals surface area contributed by atoms with E-state index in [2.05, 4.69) is 53.6 Å². The summed E-state index contributed by atoms with van der Waals surface area (Å²) in [5, 5.41) is 4.94. The van der Waals surface area contributed by atoms with E-state index >= 15 is 0 Å². The average molecular weight is 581 g/mol. The van der Waals surface area contributed by atoms with E-state index in [-0.39, 0.29) is 12.2 Å². The predicted molar refractivity (Wildman–Crippen MR) is 134 cm³/mol. The van der Waals surface area contributed by atoms with E-state index in [0.29, 0.717) is 44.7 Å². The molecular formula is C23H23Br2N3O5. The van der Waals surface area contributed by atoms with Gasteiger partial charge in [-0.1, -0.05) is 29.3 Å². The van der Waals surface area contributed by atoms with Crippen LogP contribution in [0, 0.1) is 0 Å². The van der Waals surface area contributed by atoms with Gasteiger partial charge in [-0.15, -0.1) is 0 Å². The van der Waals surface area contributed by atoms with Crippen molar-refractivity contribution < 1.29 is 19.0 Å². The third-order valence-electron chi connectivity index (χ3n) is 4.80. The van der Waals surface area contributed by atoms with Gasteiger partial charge < -0.3 is 14.2 Å². The summed E-state index contributed by atoms with van der Waals surface area (Å²) in [6.07, 6.45) is 4.03. The van der Waals surface area contributed by atoms with Crippen LogP contribution in [-0.4, -0.2) is 42.7 Å². The zero-order valence-corrected chi connectivity index (χ0v) is 21.6. The number of esters is 1. The molecule has 2 aromatic carbocycles. The fourth-order valence-corrected chi connectivity index (χ4v) is 3.83. The molecule has 10 heteroatoms. The molecule has 3 aromatic rings. The first-order valence-electron chi connectivity index (χ1n) is 10.2. The van der Waals surface area contributed by atoms with Crippen LogP contribution < -0.4 is 15.0 Å². The first-order valence-corrected chi connectivity index (χ1v) is 11.8. The van der Waals surface area contributed by atoms with E-state index in [0.717, 1.165) is 17.3 Å². The summed E-state index contributed by atoms with van der Waals surface area (Å²) in [5.41, 5.74) is 1.04. The zero-order valence-electron chi connectivity index (χ0n) is 18.4. The maximum absolute atomic E-state index is 13.2. The highest BCUT2D eigenvalue weighted by Gasteiger charge is 2.13. The van der Waals surface area contributed by atoms with Gasteiger partial charge in [0, 0.05) is 20.9 Å². The van der Waals surface area contributed by atoms with Gasteiger partial charge in [0.1, 0.15) is 5.82 Å². The van der Waals surface area contributed by atoms with Crippen molar-refractivity contribution in [3.63, 3.8) is 0 Å². The summed E-state index contributed by atoms with van der Waals surface area (Å²) in [5.74, 6) is 0.856. The molecule has 0 bridgehead atoms. The van der Waals surface area contributed by atoms with Crippen molar-refractivity contribution in [2.24, 2.45) is 5.10 Å². The number of unbranched alkanes of at least 4 members (excludes halogenated alkanes) is 1. The molecule has 0 N–H and O–H groups in total. The molecule has 0 saturated heterocycles. The van der Waals surface area contributed by atoms with Crippen molar-refractivity contribution >= 4 is 54.9 Å².